The molecule has 0 radical (unpaired) electrons. The van der Waals surface area contributed by atoms with Crippen LogP contribution < -0.4 is 9.47 Å². The van der Waals surface area contributed by atoms with E-state index < -0.39 is 0 Å². The van der Waals surface area contributed by atoms with Crippen molar-refractivity contribution in [1.82, 2.24) is 15.0 Å². The van der Waals surface area contributed by atoms with Crippen LogP contribution in [0.4, 0.5) is 0 Å². The van der Waals surface area contributed by atoms with Gasteiger partial charge < -0.3 is 9.47 Å². The lowest BCUT2D eigenvalue weighted by atomic mass is 10.3. The predicted octanol–water partition coefficient (Wildman–Crippen LogP) is 4.72. The number of hydrogen-bond donors (Lipinski definition) is 0. The number of rotatable bonds is 2. The highest BCUT2D eigenvalue weighted by Gasteiger charge is 2.28. The zero-order chi connectivity index (χ0) is 16.0. The van der Waals surface area contributed by atoms with E-state index in [9.17, 15) is 0 Å². The first-order valence-corrected chi connectivity index (χ1v) is 9.07. The van der Waals surface area contributed by atoms with Crippen molar-refractivity contribution in [3.05, 3.63) is 27.6 Å². The summed E-state index contributed by atoms with van der Waals surface area (Å²) in [6.45, 7) is 3.06. The Morgan fingerprint density at radius 3 is 2.17 bits per heavy atom. The molecule has 0 aliphatic carbocycles. The van der Waals surface area contributed by atoms with E-state index in [1.165, 1.54) is 16.2 Å². The van der Waals surface area contributed by atoms with E-state index in [1.54, 1.807) is 11.3 Å². The molecule has 5 nitrogen and oxygen atoms in total. The van der Waals surface area contributed by atoms with E-state index in [4.69, 9.17) is 32.7 Å². The molecule has 1 aliphatic rings. The maximum Gasteiger partial charge on any atom is 0.227 e. The van der Waals surface area contributed by atoms with Crippen molar-refractivity contribution in [2.24, 2.45) is 0 Å². The van der Waals surface area contributed by atoms with Gasteiger partial charge in [-0.15, -0.1) is 22.7 Å². The number of nitrogens with zero attached hydrogens (tertiary/aromatic N) is 3. The van der Waals surface area contributed by atoms with Gasteiger partial charge in [0, 0.05) is 9.75 Å². The molecule has 0 N–H and O–H groups in total. The highest BCUT2D eigenvalue weighted by molar-refractivity contribution is 7.24. The fourth-order valence-corrected chi connectivity index (χ4v) is 4.71. The van der Waals surface area contributed by atoms with Gasteiger partial charge in [0.1, 0.15) is 18.1 Å². The van der Waals surface area contributed by atoms with Crippen molar-refractivity contribution in [3.8, 4) is 32.0 Å². The minimum Gasteiger partial charge on any atom is -0.485 e. The summed E-state index contributed by atoms with van der Waals surface area (Å²) in [5.41, 5.74) is 0. The Labute approximate surface area is 149 Å². The fraction of sp³-hybridized carbons (Fsp3) is 0.214. The summed E-state index contributed by atoms with van der Waals surface area (Å²) in [7, 11) is 0. The average Bonchev–Trinajstić information content (AvgIpc) is 3.10. The Kier molecular flexibility index (Phi) is 3.88. The third-order valence-corrected chi connectivity index (χ3v) is 5.81. The molecule has 0 saturated carbocycles. The predicted molar refractivity (Wildman–Crippen MR) is 92.2 cm³/mol. The van der Waals surface area contributed by atoms with Crippen LogP contribution in [0, 0.1) is 6.92 Å². The van der Waals surface area contributed by atoms with Gasteiger partial charge in [-0.05, 0) is 42.3 Å². The van der Waals surface area contributed by atoms with Gasteiger partial charge in [-0.3, -0.25) is 0 Å². The number of aromatic nitrogens is 3. The molecule has 9 heteroatoms. The van der Waals surface area contributed by atoms with Gasteiger partial charge in [0.05, 0.1) is 4.88 Å². The molecule has 0 fully saturated rings. The Bertz CT molecular complexity index is 874. The maximum atomic E-state index is 5.90. The van der Waals surface area contributed by atoms with Gasteiger partial charge in [-0.25, -0.2) is 0 Å². The third kappa shape index (κ3) is 2.78. The lowest BCUT2D eigenvalue weighted by Gasteiger charge is -2.16. The van der Waals surface area contributed by atoms with Crippen LogP contribution in [0.1, 0.15) is 4.88 Å². The minimum absolute atomic E-state index is 0.0485. The van der Waals surface area contributed by atoms with E-state index in [2.05, 4.69) is 34.0 Å². The minimum atomic E-state index is 0.0485. The van der Waals surface area contributed by atoms with Crippen LogP contribution in [0.5, 0.6) is 11.5 Å². The van der Waals surface area contributed by atoms with Gasteiger partial charge in [0.25, 0.3) is 0 Å². The molecule has 118 valence electrons. The zero-order valence-electron chi connectivity index (χ0n) is 11.8. The molecule has 3 aromatic heterocycles. The van der Waals surface area contributed by atoms with Gasteiger partial charge >= 0.3 is 0 Å². The summed E-state index contributed by atoms with van der Waals surface area (Å²) in [6.07, 6.45) is 0. The second-order valence-corrected chi connectivity index (χ2v) is 7.71. The number of aryl methyl sites for hydroxylation is 1. The van der Waals surface area contributed by atoms with Crippen molar-refractivity contribution in [3.63, 3.8) is 0 Å². The molecule has 4 heterocycles. The molecule has 0 bridgehead atoms. The number of halogens is 2. The van der Waals surface area contributed by atoms with Crippen molar-refractivity contribution >= 4 is 45.9 Å². The molecule has 0 spiro atoms. The Hall–Kier alpha value is -1.41. The van der Waals surface area contributed by atoms with Crippen molar-refractivity contribution in [1.29, 1.82) is 0 Å². The first kappa shape index (κ1) is 15.1. The van der Waals surface area contributed by atoms with Crippen LogP contribution in [-0.4, -0.2) is 28.2 Å². The van der Waals surface area contributed by atoms with Crippen molar-refractivity contribution < 1.29 is 9.47 Å². The summed E-state index contributed by atoms with van der Waals surface area (Å²) >= 11 is 15.0. The van der Waals surface area contributed by atoms with Crippen molar-refractivity contribution in [2.45, 2.75) is 6.92 Å². The molecule has 0 unspecified atom stereocenters. The average molecular weight is 386 g/mol. The summed E-state index contributed by atoms with van der Waals surface area (Å²) in [5.74, 6) is 1.76. The zero-order valence-corrected chi connectivity index (χ0v) is 14.9. The molecule has 0 saturated heterocycles. The molecule has 0 amide bonds. The largest absolute Gasteiger partial charge is 0.485 e. The van der Waals surface area contributed by atoms with E-state index in [0.717, 1.165) is 20.4 Å². The number of thiophene rings is 2. The number of hydrogen-bond acceptors (Lipinski definition) is 7. The smallest absolute Gasteiger partial charge is 0.227 e. The SMILES string of the molecule is Cc1ccc(-c2sc(-c3nc(Cl)nc(Cl)n3)c3c2OCCO3)s1. The van der Waals surface area contributed by atoms with Crippen LogP contribution >= 0.6 is 45.9 Å². The molecule has 4 rings (SSSR count). The first-order valence-electron chi connectivity index (χ1n) is 6.68. The maximum absolute atomic E-state index is 5.90. The Morgan fingerprint density at radius 2 is 1.57 bits per heavy atom. The van der Waals surface area contributed by atoms with Crippen LogP contribution in [0.25, 0.3) is 20.5 Å². The molecule has 23 heavy (non-hydrogen) atoms. The standard InChI is InChI=1S/C14H9Cl2N3O2S2/c1-6-2-3-7(22-6)10-8-9(21-5-4-20-8)11(23-10)12-17-13(15)19-14(16)18-12/h2-3H,4-5H2,1H3. The number of fused-ring (bicyclic) bond motifs is 1. The molecule has 0 atom stereocenters. The summed E-state index contributed by atoms with van der Waals surface area (Å²) in [4.78, 5) is 16.2. The monoisotopic (exact) mass is 385 g/mol. The van der Waals surface area contributed by atoms with Crippen molar-refractivity contribution in [2.75, 3.05) is 13.2 Å². The van der Waals surface area contributed by atoms with Crippen LogP contribution in [0.2, 0.25) is 10.6 Å². The molecular formula is C14H9Cl2N3O2S2. The number of ether oxygens (including phenoxy) is 2. The van der Waals surface area contributed by atoms with Gasteiger partial charge in [-0.2, -0.15) is 15.0 Å². The lowest BCUT2D eigenvalue weighted by molar-refractivity contribution is 0.175. The lowest BCUT2D eigenvalue weighted by Crippen LogP contribution is -2.15. The summed E-state index contributed by atoms with van der Waals surface area (Å²) < 4.78 is 11.6. The Morgan fingerprint density at radius 1 is 0.913 bits per heavy atom. The van der Waals surface area contributed by atoms with E-state index in [-0.39, 0.29) is 10.6 Å². The van der Waals surface area contributed by atoms with Crippen LogP contribution in [-0.2, 0) is 0 Å². The first-order chi connectivity index (χ1) is 11.1. The van der Waals surface area contributed by atoms with E-state index >= 15 is 0 Å². The van der Waals surface area contributed by atoms with E-state index in [1.807, 2.05) is 0 Å². The topological polar surface area (TPSA) is 57.1 Å². The highest BCUT2D eigenvalue weighted by Crippen LogP contribution is 2.54. The quantitative estimate of drug-likeness (QED) is 0.638. The summed E-state index contributed by atoms with van der Waals surface area (Å²) in [5, 5.41) is 0.0970. The van der Waals surface area contributed by atoms with Gasteiger partial charge in [0.15, 0.2) is 17.3 Å². The molecule has 3 aromatic rings. The summed E-state index contributed by atoms with van der Waals surface area (Å²) in [6, 6.07) is 4.15. The highest BCUT2D eigenvalue weighted by atomic mass is 35.5. The second kappa shape index (κ2) is 5.90. The fourth-order valence-electron chi connectivity index (χ4n) is 2.24. The molecular weight excluding hydrogens is 377 g/mol. The van der Waals surface area contributed by atoms with Gasteiger partial charge in [-0.1, -0.05) is 0 Å². The second-order valence-electron chi connectivity index (χ2n) is 4.72. The Balaban J connectivity index is 1.92. The van der Waals surface area contributed by atoms with E-state index in [0.29, 0.717) is 24.8 Å². The molecule has 0 aromatic carbocycles. The van der Waals surface area contributed by atoms with Gasteiger partial charge in [0.2, 0.25) is 10.6 Å². The van der Waals surface area contributed by atoms with Crippen LogP contribution in [0.15, 0.2) is 12.1 Å². The third-order valence-electron chi connectivity index (χ3n) is 3.15. The molecule has 1 aliphatic heterocycles. The normalized spacial score (nSPS) is 13.3. The van der Waals surface area contributed by atoms with Crippen LogP contribution in [0.3, 0.4) is 0 Å².